The van der Waals surface area contributed by atoms with Crippen LogP contribution in [0.5, 0.6) is 5.75 Å². The lowest BCUT2D eigenvalue weighted by molar-refractivity contribution is -0.385. The van der Waals surface area contributed by atoms with E-state index in [-0.39, 0.29) is 24.5 Å². The van der Waals surface area contributed by atoms with Crippen molar-refractivity contribution in [3.05, 3.63) is 105 Å². The smallest absolute Gasteiger partial charge is 0.273 e. The lowest BCUT2D eigenvalue weighted by Crippen LogP contribution is -2.20. The fraction of sp³-hybridized carbons (Fsp3) is 0.0909. The highest BCUT2D eigenvalue weighted by Crippen LogP contribution is 2.18. The molecule has 30 heavy (non-hydrogen) atoms. The van der Waals surface area contributed by atoms with Gasteiger partial charge in [-0.1, -0.05) is 48.5 Å². The fourth-order valence-electron chi connectivity index (χ4n) is 2.69. The molecular weight excluding hydrogens is 389 g/mol. The van der Waals surface area contributed by atoms with Gasteiger partial charge in [-0.05, 0) is 23.8 Å². The second kappa shape index (κ2) is 9.92. The van der Waals surface area contributed by atoms with Crippen molar-refractivity contribution >= 4 is 17.8 Å². The number of rotatable bonds is 8. The number of hydrogen-bond donors (Lipinski definition) is 1. The average Bonchev–Trinajstić information content (AvgIpc) is 2.74. The van der Waals surface area contributed by atoms with Crippen LogP contribution in [0.1, 0.15) is 16.7 Å². The molecule has 0 bridgehead atoms. The zero-order valence-corrected chi connectivity index (χ0v) is 15.8. The lowest BCUT2D eigenvalue weighted by atomic mass is 10.1. The van der Waals surface area contributed by atoms with Crippen LogP contribution in [0.15, 0.2) is 77.9 Å². The van der Waals surface area contributed by atoms with Gasteiger partial charge in [-0.2, -0.15) is 5.10 Å². The van der Waals surface area contributed by atoms with Crippen molar-refractivity contribution in [2.75, 3.05) is 0 Å². The minimum absolute atomic E-state index is 0.0832. The molecule has 0 unspecified atom stereocenters. The third-order valence-electron chi connectivity index (χ3n) is 4.15. The summed E-state index contributed by atoms with van der Waals surface area (Å²) < 4.78 is 19.3. The van der Waals surface area contributed by atoms with E-state index in [1.54, 1.807) is 54.6 Å². The van der Waals surface area contributed by atoms with E-state index in [9.17, 15) is 19.3 Å². The number of hydrogen-bond acceptors (Lipinski definition) is 5. The molecular formula is C22H18FN3O4. The number of carbonyl (C=O) groups is 1. The zero-order valence-electron chi connectivity index (χ0n) is 15.8. The number of amides is 1. The number of hydrazone groups is 1. The fourth-order valence-corrected chi connectivity index (χ4v) is 2.69. The normalized spacial score (nSPS) is 10.7. The summed E-state index contributed by atoms with van der Waals surface area (Å²) in [6, 6.07) is 19.3. The Labute approximate surface area is 172 Å². The van der Waals surface area contributed by atoms with Crippen LogP contribution < -0.4 is 10.2 Å². The number of benzene rings is 3. The highest BCUT2D eigenvalue weighted by atomic mass is 19.1. The van der Waals surface area contributed by atoms with Gasteiger partial charge in [0.25, 0.3) is 5.69 Å². The molecule has 1 amide bonds. The van der Waals surface area contributed by atoms with E-state index >= 15 is 0 Å². The third kappa shape index (κ3) is 5.71. The second-order valence-electron chi connectivity index (χ2n) is 6.31. The molecule has 0 atom stereocenters. The summed E-state index contributed by atoms with van der Waals surface area (Å²) in [5.74, 6) is -0.294. The molecule has 0 spiro atoms. The molecule has 0 fully saturated rings. The van der Waals surface area contributed by atoms with Crippen molar-refractivity contribution in [2.45, 2.75) is 13.0 Å². The summed E-state index contributed by atoms with van der Waals surface area (Å²) in [5.41, 5.74) is 3.64. The standard InChI is InChI=1S/C22H18FN3O4/c23-20-10-3-1-8-18(20)15-30-19-9-5-6-16(12-19)14-24-25-22(27)13-17-7-2-4-11-21(17)26(28)29/h1-12,14H,13,15H2,(H,25,27). The van der Waals surface area contributed by atoms with Crippen molar-refractivity contribution in [3.8, 4) is 5.75 Å². The number of para-hydroxylation sites is 1. The van der Waals surface area contributed by atoms with Crippen LogP contribution in [0.2, 0.25) is 0 Å². The largest absolute Gasteiger partial charge is 0.489 e. The highest BCUT2D eigenvalue weighted by molar-refractivity contribution is 5.84. The van der Waals surface area contributed by atoms with Gasteiger partial charge in [-0.15, -0.1) is 0 Å². The first kappa shape index (κ1) is 20.7. The van der Waals surface area contributed by atoms with E-state index < -0.39 is 10.8 Å². The minimum Gasteiger partial charge on any atom is -0.489 e. The van der Waals surface area contributed by atoms with Crippen molar-refractivity contribution in [1.29, 1.82) is 0 Å². The van der Waals surface area contributed by atoms with Crippen LogP contribution in [-0.4, -0.2) is 17.0 Å². The second-order valence-corrected chi connectivity index (χ2v) is 6.31. The number of halogens is 1. The summed E-state index contributed by atoms with van der Waals surface area (Å²) in [7, 11) is 0. The molecule has 0 aliphatic heterocycles. The van der Waals surface area contributed by atoms with Crippen LogP contribution in [-0.2, 0) is 17.8 Å². The molecule has 7 nitrogen and oxygen atoms in total. The van der Waals surface area contributed by atoms with Crippen molar-refractivity contribution in [1.82, 2.24) is 5.43 Å². The third-order valence-corrected chi connectivity index (χ3v) is 4.15. The maximum Gasteiger partial charge on any atom is 0.273 e. The first-order valence-electron chi connectivity index (χ1n) is 9.03. The van der Waals surface area contributed by atoms with Gasteiger partial charge in [0.1, 0.15) is 18.2 Å². The molecule has 0 heterocycles. The summed E-state index contributed by atoms with van der Waals surface area (Å²) >= 11 is 0. The Kier molecular flexibility index (Phi) is 6.83. The topological polar surface area (TPSA) is 93.8 Å². The van der Waals surface area contributed by atoms with Gasteiger partial charge in [0.15, 0.2) is 0 Å². The van der Waals surface area contributed by atoms with Gasteiger partial charge in [0.05, 0.1) is 17.6 Å². The maximum atomic E-state index is 13.7. The van der Waals surface area contributed by atoms with E-state index in [1.807, 2.05) is 0 Å². The van der Waals surface area contributed by atoms with Gasteiger partial charge < -0.3 is 4.74 Å². The Balaban J connectivity index is 1.56. The molecule has 0 aliphatic carbocycles. The lowest BCUT2D eigenvalue weighted by Gasteiger charge is -2.07. The van der Waals surface area contributed by atoms with Crippen molar-refractivity contribution in [2.24, 2.45) is 5.10 Å². The highest BCUT2D eigenvalue weighted by Gasteiger charge is 2.15. The maximum absolute atomic E-state index is 13.7. The number of ether oxygens (including phenoxy) is 1. The van der Waals surface area contributed by atoms with E-state index in [0.717, 1.165) is 0 Å². The number of nitro groups is 1. The van der Waals surface area contributed by atoms with Crippen LogP contribution >= 0.6 is 0 Å². The Morgan fingerprint density at radius 3 is 2.57 bits per heavy atom. The molecule has 0 saturated heterocycles. The van der Waals surface area contributed by atoms with Crippen LogP contribution in [0.3, 0.4) is 0 Å². The first-order valence-corrected chi connectivity index (χ1v) is 9.03. The molecule has 1 N–H and O–H groups in total. The Bertz CT molecular complexity index is 1090. The van der Waals surface area contributed by atoms with Gasteiger partial charge in [0.2, 0.25) is 5.91 Å². The summed E-state index contributed by atoms with van der Waals surface area (Å²) in [5, 5.41) is 14.9. The predicted octanol–water partition coefficient (Wildman–Crippen LogP) is 4.01. The SMILES string of the molecule is O=C(Cc1ccccc1[N+](=O)[O-])NN=Cc1cccc(OCc2ccccc2F)c1. The Hall–Kier alpha value is -4.07. The molecule has 3 rings (SSSR count). The Morgan fingerprint density at radius 1 is 1.07 bits per heavy atom. The van der Waals surface area contributed by atoms with E-state index in [2.05, 4.69) is 10.5 Å². The van der Waals surface area contributed by atoms with Gasteiger partial charge in [0, 0.05) is 17.2 Å². The molecule has 0 saturated carbocycles. The van der Waals surface area contributed by atoms with Gasteiger partial charge >= 0.3 is 0 Å². The Morgan fingerprint density at radius 2 is 1.80 bits per heavy atom. The molecule has 0 radical (unpaired) electrons. The van der Waals surface area contributed by atoms with Gasteiger partial charge in [-0.25, -0.2) is 9.82 Å². The summed E-state index contributed by atoms with van der Waals surface area (Å²) in [6.45, 7) is 0.0832. The average molecular weight is 407 g/mol. The van der Waals surface area contributed by atoms with Crippen LogP contribution in [0.4, 0.5) is 10.1 Å². The number of carbonyl (C=O) groups excluding carboxylic acids is 1. The van der Waals surface area contributed by atoms with Crippen molar-refractivity contribution < 1.29 is 18.8 Å². The zero-order chi connectivity index (χ0) is 21.3. The summed E-state index contributed by atoms with van der Waals surface area (Å²) in [6.07, 6.45) is 1.26. The number of nitrogens with one attached hydrogen (secondary N) is 1. The van der Waals surface area contributed by atoms with Crippen molar-refractivity contribution in [3.63, 3.8) is 0 Å². The molecule has 3 aromatic carbocycles. The molecule has 0 aromatic heterocycles. The van der Waals surface area contributed by atoms with E-state index in [1.165, 1.54) is 24.4 Å². The number of nitro benzene ring substituents is 1. The molecule has 3 aromatic rings. The molecule has 0 aliphatic rings. The molecule has 8 heteroatoms. The van der Waals surface area contributed by atoms with E-state index in [0.29, 0.717) is 22.4 Å². The minimum atomic E-state index is -0.529. The molecule has 152 valence electrons. The predicted molar refractivity (Wildman–Crippen MR) is 110 cm³/mol. The van der Waals surface area contributed by atoms with Crippen LogP contribution in [0.25, 0.3) is 0 Å². The quantitative estimate of drug-likeness (QED) is 0.347. The van der Waals surface area contributed by atoms with Gasteiger partial charge in [-0.3, -0.25) is 14.9 Å². The first-order chi connectivity index (χ1) is 14.5. The van der Waals surface area contributed by atoms with Crippen LogP contribution in [0, 0.1) is 15.9 Å². The summed E-state index contributed by atoms with van der Waals surface area (Å²) in [4.78, 5) is 22.5. The monoisotopic (exact) mass is 407 g/mol. The van der Waals surface area contributed by atoms with E-state index in [4.69, 9.17) is 4.74 Å². The number of nitrogens with zero attached hydrogens (tertiary/aromatic N) is 2.